The van der Waals surface area contributed by atoms with Crippen molar-refractivity contribution >= 4 is 17.4 Å². The van der Waals surface area contributed by atoms with Crippen LogP contribution < -0.4 is 0 Å². The van der Waals surface area contributed by atoms with E-state index >= 15 is 0 Å². The van der Waals surface area contributed by atoms with Crippen molar-refractivity contribution in [2.75, 3.05) is 19.0 Å². The highest BCUT2D eigenvalue weighted by Gasteiger charge is 2.61. The summed E-state index contributed by atoms with van der Waals surface area (Å²) in [6.07, 6.45) is -0.646. The lowest BCUT2D eigenvalue weighted by Gasteiger charge is -2.30. The van der Waals surface area contributed by atoms with Gasteiger partial charge in [-0.3, -0.25) is 14.7 Å². The number of hydrogen-bond donors (Lipinski definition) is 0. The second-order valence-corrected chi connectivity index (χ2v) is 9.76. The predicted molar refractivity (Wildman–Crippen MR) is 94.0 cm³/mol. The summed E-state index contributed by atoms with van der Waals surface area (Å²) in [4.78, 5) is 11.1. The third-order valence-corrected chi connectivity index (χ3v) is 8.54. The van der Waals surface area contributed by atoms with Crippen LogP contribution in [-0.2, 0) is 23.4 Å². The highest BCUT2D eigenvalue weighted by molar-refractivity contribution is 7.91. The first-order valence-electron chi connectivity index (χ1n) is 8.00. The van der Waals surface area contributed by atoms with E-state index in [1.54, 1.807) is 32.0 Å². The standard InChI is InChI=1S/C15H24NO7PS/c1-4-15(16(17)18,24(19,22-5-2)23-6-3)12-13-25(20,21)14-10-8-7-9-11-14/h7-11H,4-6,12-13H2,1-3H3/t15-/m1/s1. The number of sulfone groups is 1. The molecule has 25 heavy (non-hydrogen) atoms. The Morgan fingerprint density at radius 1 is 1.12 bits per heavy atom. The predicted octanol–water partition coefficient (Wildman–Crippen LogP) is 3.50. The maximum atomic E-state index is 13.1. The minimum Gasteiger partial charge on any atom is -0.304 e. The van der Waals surface area contributed by atoms with Gasteiger partial charge < -0.3 is 9.05 Å². The van der Waals surface area contributed by atoms with Crippen LogP contribution >= 0.6 is 7.60 Å². The quantitative estimate of drug-likeness (QED) is 0.321. The van der Waals surface area contributed by atoms with Gasteiger partial charge in [0.1, 0.15) is 0 Å². The summed E-state index contributed by atoms with van der Waals surface area (Å²) >= 11 is 0. The van der Waals surface area contributed by atoms with Crippen LogP contribution in [-0.4, -0.2) is 37.6 Å². The highest BCUT2D eigenvalue weighted by Crippen LogP contribution is 2.63. The fourth-order valence-electron chi connectivity index (χ4n) is 2.49. The van der Waals surface area contributed by atoms with Gasteiger partial charge in [-0.25, -0.2) is 8.42 Å². The summed E-state index contributed by atoms with van der Waals surface area (Å²) < 4.78 is 48.3. The smallest absolute Gasteiger partial charge is 0.304 e. The summed E-state index contributed by atoms with van der Waals surface area (Å²) in [5, 5.41) is 9.67. The molecule has 0 aliphatic rings. The second-order valence-electron chi connectivity index (χ2n) is 5.31. The van der Waals surface area contributed by atoms with Gasteiger partial charge in [-0.15, -0.1) is 0 Å². The van der Waals surface area contributed by atoms with Gasteiger partial charge in [-0.05, 0) is 26.0 Å². The fourth-order valence-corrected chi connectivity index (χ4v) is 6.26. The van der Waals surface area contributed by atoms with Gasteiger partial charge in [-0.1, -0.05) is 25.1 Å². The Hall–Kier alpha value is -1.28. The Morgan fingerprint density at radius 2 is 1.64 bits per heavy atom. The molecule has 0 amide bonds. The van der Waals surface area contributed by atoms with Crippen LogP contribution in [0.3, 0.4) is 0 Å². The maximum absolute atomic E-state index is 13.1. The third-order valence-electron chi connectivity index (χ3n) is 3.89. The van der Waals surface area contributed by atoms with E-state index in [2.05, 4.69) is 0 Å². The van der Waals surface area contributed by atoms with Crippen LogP contribution in [0.5, 0.6) is 0 Å². The van der Waals surface area contributed by atoms with Gasteiger partial charge in [0.25, 0.3) is 0 Å². The molecule has 0 saturated heterocycles. The minimum absolute atomic E-state index is 0.0434. The molecule has 10 heteroatoms. The highest BCUT2D eigenvalue weighted by atomic mass is 32.2. The average Bonchev–Trinajstić information content (AvgIpc) is 2.56. The van der Waals surface area contributed by atoms with Gasteiger partial charge in [0, 0.05) is 17.8 Å². The Bertz CT molecular complexity index is 713. The number of rotatable bonds is 11. The monoisotopic (exact) mass is 393 g/mol. The molecule has 0 saturated carbocycles. The zero-order chi connectivity index (χ0) is 19.1. The van der Waals surface area contributed by atoms with E-state index in [1.165, 1.54) is 19.1 Å². The van der Waals surface area contributed by atoms with E-state index in [9.17, 15) is 23.1 Å². The molecular formula is C15H24NO7PS. The lowest BCUT2D eigenvalue weighted by molar-refractivity contribution is -0.546. The van der Waals surface area contributed by atoms with Crippen molar-refractivity contribution in [1.29, 1.82) is 0 Å². The molecule has 0 aromatic heterocycles. The molecule has 0 aliphatic heterocycles. The molecule has 0 spiro atoms. The van der Waals surface area contributed by atoms with Crippen molar-refractivity contribution in [3.63, 3.8) is 0 Å². The number of benzene rings is 1. The lowest BCUT2D eigenvalue weighted by atomic mass is 10.2. The molecule has 0 aliphatic carbocycles. The molecule has 0 radical (unpaired) electrons. The van der Waals surface area contributed by atoms with E-state index < -0.39 is 39.8 Å². The Kier molecular flexibility index (Phi) is 7.74. The zero-order valence-electron chi connectivity index (χ0n) is 14.6. The van der Waals surface area contributed by atoms with Gasteiger partial charge in [0.2, 0.25) is 0 Å². The zero-order valence-corrected chi connectivity index (χ0v) is 16.3. The van der Waals surface area contributed by atoms with Crippen molar-refractivity contribution < 1.29 is 27.0 Å². The van der Waals surface area contributed by atoms with Gasteiger partial charge >= 0.3 is 12.9 Å². The molecule has 1 atom stereocenters. The molecule has 142 valence electrons. The minimum atomic E-state index is -4.16. The van der Waals surface area contributed by atoms with Crippen molar-refractivity contribution in [3.05, 3.63) is 40.4 Å². The summed E-state index contributed by atoms with van der Waals surface area (Å²) in [5.74, 6) is -0.532. The molecule has 0 unspecified atom stereocenters. The van der Waals surface area contributed by atoms with Gasteiger partial charge in [0.15, 0.2) is 9.84 Å². The first kappa shape index (κ1) is 21.8. The average molecular weight is 393 g/mol. The number of nitro groups is 1. The first-order valence-corrected chi connectivity index (χ1v) is 11.2. The van der Waals surface area contributed by atoms with E-state index in [-0.39, 0.29) is 24.5 Å². The number of nitrogens with zero attached hydrogens (tertiary/aromatic N) is 1. The third kappa shape index (κ3) is 4.67. The first-order chi connectivity index (χ1) is 11.7. The van der Waals surface area contributed by atoms with Crippen molar-refractivity contribution in [3.8, 4) is 0 Å². The van der Waals surface area contributed by atoms with E-state index in [0.717, 1.165) is 0 Å². The SMILES string of the molecule is CCOP(=O)(OCC)[C@](CC)(CCS(=O)(=O)c1ccccc1)[N+](=O)[O-]. The molecule has 0 N–H and O–H groups in total. The molecule has 1 aromatic rings. The van der Waals surface area contributed by atoms with Crippen LogP contribution in [0.2, 0.25) is 0 Å². The topological polar surface area (TPSA) is 113 Å². The van der Waals surface area contributed by atoms with Crippen LogP contribution in [0, 0.1) is 10.1 Å². The Labute approximate surface area is 148 Å². The molecule has 0 heterocycles. The summed E-state index contributed by atoms with van der Waals surface area (Å²) in [6, 6.07) is 7.64. The van der Waals surface area contributed by atoms with Crippen LogP contribution in [0.1, 0.15) is 33.6 Å². The molecule has 1 aromatic carbocycles. The molecule has 0 fully saturated rings. The van der Waals surface area contributed by atoms with E-state index in [4.69, 9.17) is 9.05 Å². The van der Waals surface area contributed by atoms with E-state index in [0.29, 0.717) is 0 Å². The molecule has 1 rings (SSSR count). The normalized spacial score (nSPS) is 14.8. The molecule has 8 nitrogen and oxygen atoms in total. The number of hydrogen-bond acceptors (Lipinski definition) is 7. The lowest BCUT2D eigenvalue weighted by Crippen LogP contribution is -2.40. The van der Waals surface area contributed by atoms with Crippen molar-refractivity contribution in [2.45, 2.75) is 43.8 Å². The molecule has 0 bridgehead atoms. The van der Waals surface area contributed by atoms with Gasteiger partial charge in [-0.2, -0.15) is 0 Å². The molecular weight excluding hydrogens is 369 g/mol. The van der Waals surface area contributed by atoms with Crippen LogP contribution in [0.4, 0.5) is 0 Å². The Morgan fingerprint density at radius 3 is 2.04 bits per heavy atom. The van der Waals surface area contributed by atoms with E-state index in [1.807, 2.05) is 0 Å². The van der Waals surface area contributed by atoms with Crippen molar-refractivity contribution in [2.24, 2.45) is 0 Å². The van der Waals surface area contributed by atoms with Crippen LogP contribution in [0.25, 0.3) is 0 Å². The summed E-state index contributed by atoms with van der Waals surface area (Å²) in [7, 11) is -7.92. The Balaban J connectivity index is 3.24. The van der Waals surface area contributed by atoms with Crippen molar-refractivity contribution in [1.82, 2.24) is 0 Å². The van der Waals surface area contributed by atoms with Gasteiger partial charge in [0.05, 0.1) is 23.9 Å². The maximum Gasteiger partial charge on any atom is 0.406 e. The largest absolute Gasteiger partial charge is 0.406 e. The summed E-state index contributed by atoms with van der Waals surface area (Å²) in [5.41, 5.74) is 0. The van der Waals surface area contributed by atoms with Crippen LogP contribution in [0.15, 0.2) is 35.2 Å². The second kappa shape index (κ2) is 8.89. The fraction of sp³-hybridized carbons (Fsp3) is 0.600. The summed E-state index contributed by atoms with van der Waals surface area (Å²) in [6.45, 7) is 4.48.